The summed E-state index contributed by atoms with van der Waals surface area (Å²) in [5, 5.41) is 0. The second-order valence-corrected chi connectivity index (χ2v) is 3.77. The molecule has 5 nitrogen and oxygen atoms in total. The van der Waals surface area contributed by atoms with Gasteiger partial charge in [-0.05, 0) is 31.9 Å². The van der Waals surface area contributed by atoms with Crippen molar-refractivity contribution in [2.75, 3.05) is 6.61 Å². The van der Waals surface area contributed by atoms with E-state index in [-0.39, 0.29) is 5.91 Å². The van der Waals surface area contributed by atoms with Gasteiger partial charge in [0.2, 0.25) is 5.91 Å². The summed E-state index contributed by atoms with van der Waals surface area (Å²) in [5.74, 6) is 5.60. The minimum atomic E-state index is -0.175. The number of aromatic nitrogens is 1. The molecule has 0 aliphatic rings. The Labute approximate surface area is 101 Å². The van der Waals surface area contributed by atoms with Gasteiger partial charge in [0, 0.05) is 12.1 Å². The van der Waals surface area contributed by atoms with Gasteiger partial charge in [-0.25, -0.2) is 5.84 Å². The smallest absolute Gasteiger partial charge is 0.234 e. The topological polar surface area (TPSA) is 77.2 Å². The number of hydrazine groups is 1. The molecule has 0 saturated carbocycles. The minimum absolute atomic E-state index is 0.175. The van der Waals surface area contributed by atoms with Crippen molar-refractivity contribution in [3.63, 3.8) is 0 Å². The molecule has 0 unspecified atom stereocenters. The number of ether oxygens (including phenoxy) is 1. The number of aryl methyl sites for hydroxylation is 2. The van der Waals surface area contributed by atoms with Gasteiger partial charge in [-0.2, -0.15) is 0 Å². The maximum absolute atomic E-state index is 10.9. The molecule has 1 rings (SSSR count). The molecule has 1 amide bonds. The molecular formula is C12H19N3O2. The third kappa shape index (κ3) is 4.40. The van der Waals surface area contributed by atoms with Crippen LogP contribution in [0.2, 0.25) is 0 Å². The number of rotatable bonds is 6. The molecule has 1 aromatic rings. The Morgan fingerprint density at radius 1 is 1.53 bits per heavy atom. The van der Waals surface area contributed by atoms with E-state index >= 15 is 0 Å². The van der Waals surface area contributed by atoms with E-state index < -0.39 is 0 Å². The van der Waals surface area contributed by atoms with Gasteiger partial charge in [0.25, 0.3) is 0 Å². The van der Waals surface area contributed by atoms with E-state index in [4.69, 9.17) is 10.6 Å². The van der Waals surface area contributed by atoms with Crippen molar-refractivity contribution < 1.29 is 9.53 Å². The maximum Gasteiger partial charge on any atom is 0.234 e. The summed E-state index contributed by atoms with van der Waals surface area (Å²) in [6.45, 7) is 4.48. The molecule has 0 aromatic carbocycles. The highest BCUT2D eigenvalue weighted by molar-refractivity contribution is 5.75. The monoisotopic (exact) mass is 237 g/mol. The molecule has 0 fully saturated rings. The first kappa shape index (κ1) is 13.4. The standard InChI is InChI=1S/C12H19N3O2/c1-3-10-11(7-6-9(2)14-10)17-8-4-5-12(16)15-13/h6-7H,3-5,8,13H2,1-2H3,(H,15,16). The van der Waals surface area contributed by atoms with E-state index in [0.29, 0.717) is 19.4 Å². The summed E-state index contributed by atoms with van der Waals surface area (Å²) in [7, 11) is 0. The summed E-state index contributed by atoms with van der Waals surface area (Å²) in [6, 6.07) is 3.84. The van der Waals surface area contributed by atoms with Crippen LogP contribution in [-0.4, -0.2) is 17.5 Å². The molecule has 5 heteroatoms. The average Bonchev–Trinajstić information content (AvgIpc) is 2.35. The number of pyridine rings is 1. The second kappa shape index (κ2) is 6.85. The molecule has 0 spiro atoms. The molecule has 0 radical (unpaired) electrons. The Morgan fingerprint density at radius 3 is 2.94 bits per heavy atom. The fourth-order valence-electron chi connectivity index (χ4n) is 1.47. The van der Waals surface area contributed by atoms with Crippen molar-refractivity contribution in [3.05, 3.63) is 23.5 Å². The van der Waals surface area contributed by atoms with Crippen LogP contribution in [-0.2, 0) is 11.2 Å². The Kier molecular flexibility index (Phi) is 5.42. The fraction of sp³-hybridized carbons (Fsp3) is 0.500. The number of nitrogens with two attached hydrogens (primary N) is 1. The number of hydrogen-bond acceptors (Lipinski definition) is 4. The van der Waals surface area contributed by atoms with Gasteiger partial charge in [0.15, 0.2) is 0 Å². The van der Waals surface area contributed by atoms with E-state index in [1.807, 2.05) is 26.0 Å². The summed E-state index contributed by atoms with van der Waals surface area (Å²) >= 11 is 0. The third-order valence-corrected chi connectivity index (χ3v) is 2.37. The van der Waals surface area contributed by atoms with Gasteiger partial charge in [0.1, 0.15) is 5.75 Å². The number of nitrogens with zero attached hydrogens (tertiary/aromatic N) is 1. The van der Waals surface area contributed by atoms with E-state index in [9.17, 15) is 4.79 Å². The first-order valence-corrected chi connectivity index (χ1v) is 5.76. The predicted molar refractivity (Wildman–Crippen MR) is 65.4 cm³/mol. The van der Waals surface area contributed by atoms with Crippen LogP contribution in [0.3, 0.4) is 0 Å². The van der Waals surface area contributed by atoms with Crippen LogP contribution in [0.1, 0.15) is 31.2 Å². The molecule has 1 heterocycles. The summed E-state index contributed by atoms with van der Waals surface area (Å²) in [5.41, 5.74) is 4.02. The van der Waals surface area contributed by atoms with E-state index in [0.717, 1.165) is 23.6 Å². The lowest BCUT2D eigenvalue weighted by atomic mass is 10.2. The van der Waals surface area contributed by atoms with Crippen LogP contribution in [0.4, 0.5) is 0 Å². The molecule has 1 aromatic heterocycles. The molecular weight excluding hydrogens is 218 g/mol. The molecule has 0 aliphatic heterocycles. The van der Waals surface area contributed by atoms with E-state index in [1.165, 1.54) is 0 Å². The number of carbonyl (C=O) groups excluding carboxylic acids is 1. The van der Waals surface area contributed by atoms with Gasteiger partial charge in [-0.1, -0.05) is 6.92 Å². The molecule has 94 valence electrons. The second-order valence-electron chi connectivity index (χ2n) is 3.77. The zero-order valence-corrected chi connectivity index (χ0v) is 10.3. The molecule has 0 atom stereocenters. The fourth-order valence-corrected chi connectivity index (χ4v) is 1.47. The lowest BCUT2D eigenvalue weighted by molar-refractivity contribution is -0.121. The van der Waals surface area contributed by atoms with Crippen molar-refractivity contribution >= 4 is 5.91 Å². The van der Waals surface area contributed by atoms with Gasteiger partial charge in [0.05, 0.1) is 12.3 Å². The average molecular weight is 237 g/mol. The lowest BCUT2D eigenvalue weighted by Gasteiger charge is -2.10. The minimum Gasteiger partial charge on any atom is -0.492 e. The van der Waals surface area contributed by atoms with Gasteiger partial charge >= 0.3 is 0 Å². The van der Waals surface area contributed by atoms with E-state index in [1.54, 1.807) is 0 Å². The zero-order valence-electron chi connectivity index (χ0n) is 10.3. The molecule has 0 saturated heterocycles. The van der Waals surface area contributed by atoms with Crippen LogP contribution >= 0.6 is 0 Å². The Morgan fingerprint density at radius 2 is 2.29 bits per heavy atom. The van der Waals surface area contributed by atoms with Crippen LogP contribution in [0.15, 0.2) is 12.1 Å². The Balaban J connectivity index is 2.43. The maximum atomic E-state index is 10.9. The third-order valence-electron chi connectivity index (χ3n) is 2.37. The highest BCUT2D eigenvalue weighted by Crippen LogP contribution is 2.17. The Hall–Kier alpha value is -1.62. The number of nitrogens with one attached hydrogen (secondary N) is 1. The summed E-state index contributed by atoms with van der Waals surface area (Å²) in [6.07, 6.45) is 1.84. The van der Waals surface area contributed by atoms with Crippen molar-refractivity contribution in [3.8, 4) is 5.75 Å². The van der Waals surface area contributed by atoms with Crippen molar-refractivity contribution in [1.29, 1.82) is 0 Å². The van der Waals surface area contributed by atoms with Gasteiger partial charge in [-0.15, -0.1) is 0 Å². The zero-order chi connectivity index (χ0) is 12.7. The number of carbonyl (C=O) groups is 1. The first-order chi connectivity index (χ1) is 8.17. The number of hydrogen-bond donors (Lipinski definition) is 2. The molecule has 3 N–H and O–H groups in total. The predicted octanol–water partition coefficient (Wildman–Crippen LogP) is 1.10. The highest BCUT2D eigenvalue weighted by Gasteiger charge is 2.04. The SMILES string of the molecule is CCc1nc(C)ccc1OCCCC(=O)NN. The van der Waals surface area contributed by atoms with Gasteiger partial charge in [-0.3, -0.25) is 15.2 Å². The number of amides is 1. The van der Waals surface area contributed by atoms with Gasteiger partial charge < -0.3 is 4.74 Å². The molecule has 0 aliphatic carbocycles. The van der Waals surface area contributed by atoms with E-state index in [2.05, 4.69) is 10.4 Å². The molecule has 17 heavy (non-hydrogen) atoms. The quantitative estimate of drug-likeness (QED) is 0.336. The lowest BCUT2D eigenvalue weighted by Crippen LogP contribution is -2.30. The van der Waals surface area contributed by atoms with Crippen LogP contribution < -0.4 is 16.0 Å². The molecule has 0 bridgehead atoms. The van der Waals surface area contributed by atoms with Crippen molar-refractivity contribution in [2.45, 2.75) is 33.1 Å². The summed E-state index contributed by atoms with van der Waals surface area (Å²) < 4.78 is 5.59. The van der Waals surface area contributed by atoms with Crippen LogP contribution in [0, 0.1) is 6.92 Å². The highest BCUT2D eigenvalue weighted by atomic mass is 16.5. The van der Waals surface area contributed by atoms with Crippen molar-refractivity contribution in [2.24, 2.45) is 5.84 Å². The Bertz CT molecular complexity index is 380. The van der Waals surface area contributed by atoms with Crippen LogP contribution in [0.25, 0.3) is 0 Å². The first-order valence-electron chi connectivity index (χ1n) is 5.76. The summed E-state index contributed by atoms with van der Waals surface area (Å²) in [4.78, 5) is 15.3. The van der Waals surface area contributed by atoms with Crippen LogP contribution in [0.5, 0.6) is 5.75 Å². The largest absolute Gasteiger partial charge is 0.492 e. The van der Waals surface area contributed by atoms with Crippen molar-refractivity contribution in [1.82, 2.24) is 10.4 Å². The normalized spacial score (nSPS) is 10.1.